The molecule has 7 nitrogen and oxygen atoms in total. The van der Waals surface area contributed by atoms with Crippen molar-refractivity contribution in [2.24, 2.45) is 0 Å². The van der Waals surface area contributed by atoms with Gasteiger partial charge in [-0.25, -0.2) is 0 Å². The van der Waals surface area contributed by atoms with Crippen LogP contribution in [0.4, 0.5) is 11.4 Å². The Labute approximate surface area is 152 Å². The fourth-order valence-electron chi connectivity index (χ4n) is 2.33. The molecule has 1 N–H and O–H groups in total. The van der Waals surface area contributed by atoms with Gasteiger partial charge in [0.2, 0.25) is 0 Å². The number of carbonyl (C=O) groups excluding carboxylic acids is 1. The molecule has 0 fully saturated rings. The second kappa shape index (κ2) is 8.33. The monoisotopic (exact) mass is 358 g/mol. The lowest BCUT2D eigenvalue weighted by molar-refractivity contribution is -0.384. The molecule has 0 saturated carbocycles. The van der Waals surface area contributed by atoms with E-state index in [2.05, 4.69) is 19.2 Å². The van der Waals surface area contributed by atoms with Crippen molar-refractivity contribution in [2.75, 3.05) is 12.4 Å². The average molecular weight is 358 g/mol. The zero-order valence-corrected chi connectivity index (χ0v) is 15.2. The van der Waals surface area contributed by atoms with Crippen molar-refractivity contribution in [3.8, 4) is 11.5 Å². The van der Waals surface area contributed by atoms with Crippen molar-refractivity contribution in [1.82, 2.24) is 0 Å². The summed E-state index contributed by atoms with van der Waals surface area (Å²) in [6, 6.07) is 11.5. The Balaban J connectivity index is 2.09. The summed E-state index contributed by atoms with van der Waals surface area (Å²) < 4.78 is 10.8. The first-order chi connectivity index (χ1) is 12.3. The molecular weight excluding hydrogens is 336 g/mol. The number of hydrogen-bond acceptors (Lipinski definition) is 5. The van der Waals surface area contributed by atoms with Gasteiger partial charge in [-0.1, -0.05) is 26.0 Å². The molecule has 0 aromatic heterocycles. The van der Waals surface area contributed by atoms with Gasteiger partial charge in [0.25, 0.3) is 11.6 Å². The number of hydrogen-bond donors (Lipinski definition) is 1. The van der Waals surface area contributed by atoms with Crippen molar-refractivity contribution in [2.45, 2.75) is 32.8 Å². The number of nitrogens with zero attached hydrogens (tertiary/aromatic N) is 1. The summed E-state index contributed by atoms with van der Waals surface area (Å²) in [7, 11) is 1.42. The maximum atomic E-state index is 12.4. The van der Waals surface area contributed by atoms with Gasteiger partial charge < -0.3 is 14.8 Å². The third-order valence-electron chi connectivity index (χ3n) is 3.88. The van der Waals surface area contributed by atoms with Gasteiger partial charge in [0.1, 0.15) is 11.5 Å². The van der Waals surface area contributed by atoms with Gasteiger partial charge in [0.15, 0.2) is 6.10 Å². The molecule has 2 rings (SSSR count). The topological polar surface area (TPSA) is 90.7 Å². The number of anilines is 1. The molecule has 2 aromatic rings. The predicted molar refractivity (Wildman–Crippen MR) is 98.9 cm³/mol. The van der Waals surface area contributed by atoms with Crippen LogP contribution < -0.4 is 14.8 Å². The summed E-state index contributed by atoms with van der Waals surface area (Å²) in [5, 5.41) is 13.5. The fraction of sp³-hybridized carbons (Fsp3) is 0.316. The zero-order chi connectivity index (χ0) is 19.3. The number of non-ortho nitro benzene ring substituents is 1. The summed E-state index contributed by atoms with van der Waals surface area (Å²) in [5.41, 5.74) is 1.26. The van der Waals surface area contributed by atoms with Crippen LogP contribution in [0.1, 0.15) is 32.3 Å². The number of methoxy groups -OCH3 is 1. The van der Waals surface area contributed by atoms with E-state index in [-0.39, 0.29) is 11.4 Å². The molecule has 0 heterocycles. The van der Waals surface area contributed by atoms with Crippen LogP contribution in [0, 0.1) is 10.1 Å². The molecule has 2 aromatic carbocycles. The van der Waals surface area contributed by atoms with Gasteiger partial charge in [-0.15, -0.1) is 0 Å². The van der Waals surface area contributed by atoms with Crippen LogP contribution in [0.5, 0.6) is 11.5 Å². The number of carbonyl (C=O) groups is 1. The maximum absolute atomic E-state index is 12.4. The van der Waals surface area contributed by atoms with Crippen LogP contribution in [-0.2, 0) is 4.79 Å². The normalized spacial score (nSPS) is 11.7. The van der Waals surface area contributed by atoms with Gasteiger partial charge in [-0.05, 0) is 36.6 Å². The maximum Gasteiger partial charge on any atom is 0.271 e. The van der Waals surface area contributed by atoms with Gasteiger partial charge in [-0.3, -0.25) is 14.9 Å². The quantitative estimate of drug-likeness (QED) is 0.593. The van der Waals surface area contributed by atoms with Crippen LogP contribution in [0.2, 0.25) is 0 Å². The van der Waals surface area contributed by atoms with Crippen molar-refractivity contribution in [3.05, 3.63) is 58.1 Å². The average Bonchev–Trinajstić information content (AvgIpc) is 2.61. The molecule has 0 aliphatic heterocycles. The first kappa shape index (κ1) is 19.2. The molecule has 138 valence electrons. The minimum Gasteiger partial charge on any atom is -0.495 e. The summed E-state index contributed by atoms with van der Waals surface area (Å²) in [6.45, 7) is 5.80. The lowest BCUT2D eigenvalue weighted by atomic mass is 10.0. The van der Waals surface area contributed by atoms with E-state index in [1.54, 1.807) is 6.92 Å². The molecule has 0 aliphatic rings. The number of nitro groups is 1. The Morgan fingerprint density at radius 2 is 1.77 bits per heavy atom. The minimum absolute atomic E-state index is 0.140. The van der Waals surface area contributed by atoms with Gasteiger partial charge >= 0.3 is 0 Å². The van der Waals surface area contributed by atoms with E-state index >= 15 is 0 Å². The van der Waals surface area contributed by atoms with Gasteiger partial charge in [0, 0.05) is 12.1 Å². The number of amides is 1. The highest BCUT2D eigenvalue weighted by Crippen LogP contribution is 2.29. The second-order valence-corrected chi connectivity index (χ2v) is 6.11. The van der Waals surface area contributed by atoms with E-state index in [0.29, 0.717) is 17.4 Å². The third-order valence-corrected chi connectivity index (χ3v) is 3.88. The number of benzene rings is 2. The van der Waals surface area contributed by atoms with Crippen LogP contribution in [-0.4, -0.2) is 24.0 Å². The highest BCUT2D eigenvalue weighted by Gasteiger charge is 2.19. The molecule has 0 unspecified atom stereocenters. The minimum atomic E-state index is -0.788. The number of nitro benzene ring substituents is 1. The molecule has 26 heavy (non-hydrogen) atoms. The predicted octanol–water partition coefficient (Wildman–Crippen LogP) is 4.13. The Morgan fingerprint density at radius 1 is 1.12 bits per heavy atom. The van der Waals surface area contributed by atoms with E-state index in [0.717, 1.165) is 0 Å². The third kappa shape index (κ3) is 4.72. The standard InChI is InChI=1S/C19H22N2O5/c1-12(2)14-5-8-16(9-6-14)26-13(3)19(22)20-17-11-15(21(23)24)7-10-18(17)25-4/h5-13H,1-4H3,(H,20,22)/t13-/m1/s1. The van der Waals surface area contributed by atoms with E-state index in [4.69, 9.17) is 9.47 Å². The number of rotatable bonds is 7. The molecule has 0 aliphatic carbocycles. The van der Waals surface area contributed by atoms with E-state index in [1.807, 2.05) is 24.3 Å². The molecule has 0 radical (unpaired) electrons. The number of ether oxygens (including phenoxy) is 2. The first-order valence-electron chi connectivity index (χ1n) is 8.21. The summed E-state index contributed by atoms with van der Waals surface area (Å²) >= 11 is 0. The Bertz CT molecular complexity index is 787. The molecule has 0 spiro atoms. The molecular formula is C19H22N2O5. The zero-order valence-electron chi connectivity index (χ0n) is 15.2. The van der Waals surface area contributed by atoms with Crippen molar-refractivity contribution >= 4 is 17.3 Å². The van der Waals surface area contributed by atoms with Crippen molar-refractivity contribution in [3.63, 3.8) is 0 Å². The molecule has 0 saturated heterocycles. The largest absolute Gasteiger partial charge is 0.495 e. The Kier molecular flexibility index (Phi) is 6.16. The second-order valence-electron chi connectivity index (χ2n) is 6.11. The summed E-state index contributed by atoms with van der Waals surface area (Å²) in [5.74, 6) is 0.878. The van der Waals surface area contributed by atoms with Crippen molar-refractivity contribution < 1.29 is 19.2 Å². The highest BCUT2D eigenvalue weighted by molar-refractivity contribution is 5.95. The number of nitrogens with one attached hydrogen (secondary N) is 1. The van der Waals surface area contributed by atoms with Crippen LogP contribution >= 0.6 is 0 Å². The van der Waals surface area contributed by atoms with Gasteiger partial charge in [-0.2, -0.15) is 0 Å². The fourth-order valence-corrected chi connectivity index (χ4v) is 2.33. The van der Waals surface area contributed by atoms with Crippen LogP contribution in [0.25, 0.3) is 0 Å². The van der Waals surface area contributed by atoms with Crippen LogP contribution in [0.3, 0.4) is 0 Å². The Hall–Kier alpha value is -3.09. The molecule has 7 heteroatoms. The lowest BCUT2D eigenvalue weighted by Crippen LogP contribution is -2.30. The Morgan fingerprint density at radius 3 is 2.31 bits per heavy atom. The van der Waals surface area contributed by atoms with E-state index in [9.17, 15) is 14.9 Å². The highest BCUT2D eigenvalue weighted by atomic mass is 16.6. The smallest absolute Gasteiger partial charge is 0.271 e. The molecule has 1 atom stereocenters. The lowest BCUT2D eigenvalue weighted by Gasteiger charge is -2.16. The summed E-state index contributed by atoms with van der Waals surface area (Å²) in [6.07, 6.45) is -0.788. The molecule has 1 amide bonds. The molecule has 0 bridgehead atoms. The van der Waals surface area contributed by atoms with Crippen LogP contribution in [0.15, 0.2) is 42.5 Å². The van der Waals surface area contributed by atoms with E-state index < -0.39 is 16.9 Å². The first-order valence-corrected chi connectivity index (χ1v) is 8.21. The van der Waals surface area contributed by atoms with Gasteiger partial charge in [0.05, 0.1) is 17.7 Å². The van der Waals surface area contributed by atoms with E-state index in [1.165, 1.54) is 30.9 Å². The summed E-state index contributed by atoms with van der Waals surface area (Å²) in [4.78, 5) is 22.8. The van der Waals surface area contributed by atoms with Crippen molar-refractivity contribution in [1.29, 1.82) is 0 Å². The SMILES string of the molecule is COc1ccc([N+](=O)[O-])cc1NC(=O)[C@@H](C)Oc1ccc(C(C)C)cc1.